The van der Waals surface area contributed by atoms with E-state index in [1.165, 1.54) is 5.57 Å². The Hall–Kier alpha value is -0.890. The van der Waals surface area contributed by atoms with Crippen molar-refractivity contribution >= 4 is 6.21 Å². The van der Waals surface area contributed by atoms with Crippen molar-refractivity contribution in [1.82, 2.24) is 5.32 Å². The predicted molar refractivity (Wildman–Crippen MR) is 53.5 cm³/mol. The lowest BCUT2D eigenvalue weighted by atomic mass is 10.2. The van der Waals surface area contributed by atoms with Gasteiger partial charge in [0.25, 0.3) is 0 Å². The molecule has 0 aromatic carbocycles. The lowest BCUT2D eigenvalue weighted by molar-refractivity contribution is 0.684. The molecule has 0 radical (unpaired) electrons. The molecule has 0 saturated carbocycles. The van der Waals surface area contributed by atoms with E-state index in [0.29, 0.717) is 6.04 Å². The van der Waals surface area contributed by atoms with Crippen LogP contribution in [0.15, 0.2) is 28.9 Å². The van der Waals surface area contributed by atoms with Gasteiger partial charge in [0.05, 0.1) is 6.04 Å². The molecule has 0 aromatic heterocycles. The standard InChI is InChI=1S/C10H16N2/c1-3-5-12-10-7-9(2)4-6-11-8-10/h4,6-8,10,12H,3,5H2,1-2H3. The van der Waals surface area contributed by atoms with Gasteiger partial charge in [-0.2, -0.15) is 0 Å². The zero-order chi connectivity index (χ0) is 8.81. The maximum Gasteiger partial charge on any atom is 0.0616 e. The topological polar surface area (TPSA) is 24.4 Å². The number of allylic oxidation sites excluding steroid dienone is 2. The van der Waals surface area contributed by atoms with Gasteiger partial charge in [-0.15, -0.1) is 0 Å². The van der Waals surface area contributed by atoms with Gasteiger partial charge < -0.3 is 5.32 Å². The van der Waals surface area contributed by atoms with E-state index in [2.05, 4.69) is 30.2 Å². The van der Waals surface area contributed by atoms with Crippen LogP contribution in [0.1, 0.15) is 20.3 Å². The van der Waals surface area contributed by atoms with E-state index in [-0.39, 0.29) is 0 Å². The molecule has 12 heavy (non-hydrogen) atoms. The second-order valence-corrected chi connectivity index (χ2v) is 3.00. The van der Waals surface area contributed by atoms with E-state index in [4.69, 9.17) is 0 Å². The molecule has 0 aromatic rings. The molecule has 0 amide bonds. The fourth-order valence-corrected chi connectivity index (χ4v) is 1.11. The van der Waals surface area contributed by atoms with E-state index in [9.17, 15) is 0 Å². The molecule has 0 bridgehead atoms. The summed E-state index contributed by atoms with van der Waals surface area (Å²) in [5.74, 6) is 0. The number of rotatable bonds is 3. The molecule has 0 saturated heterocycles. The third kappa shape index (κ3) is 3.01. The van der Waals surface area contributed by atoms with Crippen LogP contribution in [-0.4, -0.2) is 18.8 Å². The monoisotopic (exact) mass is 164 g/mol. The Balaban J connectivity index is 2.48. The summed E-state index contributed by atoms with van der Waals surface area (Å²) in [7, 11) is 0. The SMILES string of the molecule is CCCNC1C=NC=CC(C)=C1. The van der Waals surface area contributed by atoms with Crippen molar-refractivity contribution in [2.24, 2.45) is 4.99 Å². The Morgan fingerprint density at radius 2 is 2.42 bits per heavy atom. The lowest BCUT2D eigenvalue weighted by Gasteiger charge is -2.08. The second kappa shape index (κ2) is 4.88. The Morgan fingerprint density at radius 1 is 1.58 bits per heavy atom. The number of hydrogen-bond acceptors (Lipinski definition) is 2. The van der Waals surface area contributed by atoms with Crippen molar-refractivity contribution in [3.05, 3.63) is 23.9 Å². The van der Waals surface area contributed by atoms with Crippen molar-refractivity contribution in [3.63, 3.8) is 0 Å². The van der Waals surface area contributed by atoms with Gasteiger partial charge in [0.15, 0.2) is 0 Å². The molecule has 2 heteroatoms. The lowest BCUT2D eigenvalue weighted by Crippen LogP contribution is -2.29. The summed E-state index contributed by atoms with van der Waals surface area (Å²) in [5, 5.41) is 3.38. The van der Waals surface area contributed by atoms with Gasteiger partial charge in [-0.3, -0.25) is 4.99 Å². The highest BCUT2D eigenvalue weighted by Crippen LogP contribution is 2.01. The molecule has 0 fully saturated rings. The van der Waals surface area contributed by atoms with Gasteiger partial charge in [-0.25, -0.2) is 0 Å². The van der Waals surface area contributed by atoms with Gasteiger partial charge in [0.1, 0.15) is 0 Å². The minimum Gasteiger partial charge on any atom is -0.306 e. The molecule has 1 aliphatic rings. The van der Waals surface area contributed by atoms with Crippen molar-refractivity contribution in [2.75, 3.05) is 6.54 Å². The molecule has 1 aliphatic heterocycles. The zero-order valence-corrected chi connectivity index (χ0v) is 7.75. The molecule has 1 heterocycles. The number of aliphatic imine (C=N–C) groups is 1. The Morgan fingerprint density at radius 3 is 3.17 bits per heavy atom. The van der Waals surface area contributed by atoms with Crippen LogP contribution in [0.5, 0.6) is 0 Å². The molecular formula is C10H16N2. The summed E-state index contributed by atoms with van der Waals surface area (Å²) in [5.41, 5.74) is 1.26. The summed E-state index contributed by atoms with van der Waals surface area (Å²) in [6, 6.07) is 0.306. The quantitative estimate of drug-likeness (QED) is 0.677. The fraction of sp³-hybridized carbons (Fsp3) is 0.500. The third-order valence-corrected chi connectivity index (χ3v) is 1.74. The summed E-state index contributed by atoms with van der Waals surface area (Å²) in [6.45, 7) is 5.29. The van der Waals surface area contributed by atoms with Crippen LogP contribution in [0.25, 0.3) is 0 Å². The average molecular weight is 164 g/mol. The maximum atomic E-state index is 4.14. The van der Waals surface area contributed by atoms with E-state index < -0.39 is 0 Å². The fourth-order valence-electron chi connectivity index (χ4n) is 1.11. The number of hydrogen-bond donors (Lipinski definition) is 1. The summed E-state index contributed by atoms with van der Waals surface area (Å²) in [4.78, 5) is 4.14. The molecule has 66 valence electrons. The number of nitrogens with one attached hydrogen (secondary N) is 1. The van der Waals surface area contributed by atoms with Crippen LogP contribution in [0.2, 0.25) is 0 Å². The second-order valence-electron chi connectivity index (χ2n) is 3.00. The first-order chi connectivity index (χ1) is 5.83. The first-order valence-corrected chi connectivity index (χ1v) is 4.44. The molecule has 1 unspecified atom stereocenters. The molecule has 1 N–H and O–H groups in total. The molecule has 1 rings (SSSR count). The average Bonchev–Trinajstić information content (AvgIpc) is 2.26. The molecule has 0 aliphatic carbocycles. The summed E-state index contributed by atoms with van der Waals surface area (Å²) in [6.07, 6.45) is 9.12. The van der Waals surface area contributed by atoms with Crippen LogP contribution in [0.3, 0.4) is 0 Å². The van der Waals surface area contributed by atoms with Crippen molar-refractivity contribution < 1.29 is 0 Å². The van der Waals surface area contributed by atoms with Crippen LogP contribution in [0.4, 0.5) is 0 Å². The first kappa shape index (κ1) is 9.20. The van der Waals surface area contributed by atoms with Crippen LogP contribution in [-0.2, 0) is 0 Å². The highest BCUT2D eigenvalue weighted by molar-refractivity contribution is 5.69. The van der Waals surface area contributed by atoms with E-state index in [1.807, 2.05) is 18.5 Å². The summed E-state index contributed by atoms with van der Waals surface area (Å²) < 4.78 is 0. The smallest absolute Gasteiger partial charge is 0.0616 e. The number of nitrogens with zero attached hydrogens (tertiary/aromatic N) is 1. The van der Waals surface area contributed by atoms with Gasteiger partial charge in [0.2, 0.25) is 0 Å². The van der Waals surface area contributed by atoms with E-state index >= 15 is 0 Å². The zero-order valence-electron chi connectivity index (χ0n) is 7.75. The molecular weight excluding hydrogens is 148 g/mol. The molecule has 2 nitrogen and oxygen atoms in total. The minimum atomic E-state index is 0.306. The minimum absolute atomic E-state index is 0.306. The van der Waals surface area contributed by atoms with Crippen molar-refractivity contribution in [3.8, 4) is 0 Å². The van der Waals surface area contributed by atoms with E-state index in [1.54, 1.807) is 0 Å². The van der Waals surface area contributed by atoms with Crippen molar-refractivity contribution in [1.29, 1.82) is 0 Å². The van der Waals surface area contributed by atoms with Crippen molar-refractivity contribution in [2.45, 2.75) is 26.3 Å². The predicted octanol–water partition coefficient (Wildman–Crippen LogP) is 1.90. The Kier molecular flexibility index (Phi) is 3.74. The van der Waals surface area contributed by atoms with Gasteiger partial charge >= 0.3 is 0 Å². The third-order valence-electron chi connectivity index (χ3n) is 1.74. The molecule has 1 atom stereocenters. The highest BCUT2D eigenvalue weighted by Gasteiger charge is 2.00. The first-order valence-electron chi connectivity index (χ1n) is 4.44. The highest BCUT2D eigenvalue weighted by atomic mass is 14.9. The summed E-state index contributed by atoms with van der Waals surface area (Å²) >= 11 is 0. The van der Waals surface area contributed by atoms with Gasteiger partial charge in [0, 0.05) is 12.4 Å². The van der Waals surface area contributed by atoms with Crippen LogP contribution < -0.4 is 5.32 Å². The van der Waals surface area contributed by atoms with Gasteiger partial charge in [-0.1, -0.05) is 18.6 Å². The van der Waals surface area contributed by atoms with E-state index in [0.717, 1.165) is 13.0 Å². The molecule has 0 spiro atoms. The largest absolute Gasteiger partial charge is 0.306 e. The Labute approximate surface area is 74.1 Å². The maximum absolute atomic E-state index is 4.14. The van der Waals surface area contributed by atoms with Crippen LogP contribution in [0, 0.1) is 0 Å². The Bertz CT molecular complexity index is 214. The van der Waals surface area contributed by atoms with Crippen LogP contribution >= 0.6 is 0 Å². The van der Waals surface area contributed by atoms with Gasteiger partial charge in [-0.05, 0) is 26.0 Å². The normalized spacial score (nSPS) is 22.2.